The number of aliphatic hydroxyl groups excluding tert-OH is 1. The van der Waals surface area contributed by atoms with E-state index in [2.05, 4.69) is 36.6 Å². The van der Waals surface area contributed by atoms with Crippen LogP contribution in [-0.2, 0) is 16.3 Å². The summed E-state index contributed by atoms with van der Waals surface area (Å²) < 4.78 is 5.39. The van der Waals surface area contributed by atoms with Crippen LogP contribution >= 0.6 is 6.72 Å². The molecule has 2 rings (SSSR count). The van der Waals surface area contributed by atoms with Gasteiger partial charge in [-0.05, 0) is 11.8 Å². The van der Waals surface area contributed by atoms with E-state index in [1.807, 2.05) is 0 Å². The first kappa shape index (κ1) is 13.2. The van der Waals surface area contributed by atoms with E-state index < -0.39 is 25.1 Å². The number of H-pyrrole nitrogens is 1. The average Bonchev–Trinajstić information content (AvgIpc) is 2.70. The van der Waals surface area contributed by atoms with Crippen LogP contribution in [0.4, 0.5) is 0 Å². The zero-order valence-corrected chi connectivity index (χ0v) is 10.4. The number of aliphatic hydroxyl groups is 1. The number of nitrogens with zero attached hydrogens (tertiary/aromatic N) is 4. The minimum Gasteiger partial charge on any atom is -0.369 e. The summed E-state index contributed by atoms with van der Waals surface area (Å²) in [6.07, 6.45) is -0.272. The lowest BCUT2D eigenvalue weighted by Crippen LogP contribution is -2.17. The number of rotatable bonds is 4. The van der Waals surface area contributed by atoms with E-state index in [1.165, 1.54) is 0 Å². The van der Waals surface area contributed by atoms with Crippen molar-refractivity contribution in [2.45, 2.75) is 6.23 Å². The summed E-state index contributed by atoms with van der Waals surface area (Å²) in [6.45, 7) is -4.38. The molecule has 2 heterocycles. The summed E-state index contributed by atoms with van der Waals surface area (Å²) in [7, 11) is 0. The number of nitrogens with one attached hydrogen (secondary N) is 1. The summed E-state index contributed by atoms with van der Waals surface area (Å²) in [5, 5.41) is 16.8. The molecular weight excluding hydrogens is 285 g/mol. The van der Waals surface area contributed by atoms with Crippen LogP contribution in [0.1, 0.15) is 6.23 Å². The molecule has 2 aromatic rings. The second kappa shape index (κ2) is 4.80. The zero-order valence-electron chi connectivity index (χ0n) is 8.66. The van der Waals surface area contributed by atoms with Crippen LogP contribution < -0.4 is 5.56 Å². The first-order valence-electron chi connectivity index (χ1n) is 4.55. The van der Waals surface area contributed by atoms with Crippen LogP contribution in [-0.4, -0.2) is 46.5 Å². The minimum absolute atomic E-state index is 0.0408. The summed E-state index contributed by atoms with van der Waals surface area (Å²) in [4.78, 5) is 35.1. The van der Waals surface area contributed by atoms with Gasteiger partial charge in [0.1, 0.15) is 6.61 Å². The Morgan fingerprint density at radius 3 is 3.00 bits per heavy atom. The van der Waals surface area contributed by atoms with Crippen molar-refractivity contribution in [1.29, 1.82) is 0 Å². The molecule has 0 saturated carbocycles. The van der Waals surface area contributed by atoms with E-state index in [4.69, 9.17) is 9.79 Å². The molecule has 0 aromatic carbocycles. The third-order valence-corrected chi connectivity index (χ3v) is 2.74. The van der Waals surface area contributed by atoms with Gasteiger partial charge >= 0.3 is 6.72 Å². The van der Waals surface area contributed by atoms with Crippen molar-refractivity contribution in [1.82, 2.24) is 25.0 Å². The number of aromatic nitrogens is 5. The topological polar surface area (TPSA) is 146 Å². The Bertz CT molecular complexity index is 664. The van der Waals surface area contributed by atoms with Crippen molar-refractivity contribution >= 4 is 29.7 Å². The van der Waals surface area contributed by atoms with Gasteiger partial charge in [0, 0.05) is 0 Å². The quantitative estimate of drug-likeness (QED) is 0.481. The van der Waals surface area contributed by atoms with Crippen molar-refractivity contribution in [2.24, 2.45) is 0 Å². The Labute approximate surface area is 104 Å². The van der Waals surface area contributed by atoms with Gasteiger partial charge in [0.25, 0.3) is 5.56 Å². The van der Waals surface area contributed by atoms with Crippen molar-refractivity contribution in [3.8, 4) is 0 Å². The highest BCUT2D eigenvalue weighted by molar-refractivity contribution is 8.06. The van der Waals surface area contributed by atoms with Gasteiger partial charge in [0.15, 0.2) is 17.4 Å². The Morgan fingerprint density at radius 1 is 1.61 bits per heavy atom. The highest BCUT2D eigenvalue weighted by atomic mass is 32.5. The molecule has 0 aliphatic heterocycles. The first-order chi connectivity index (χ1) is 8.38. The predicted octanol–water partition coefficient (Wildman–Crippen LogP) is -1.77. The van der Waals surface area contributed by atoms with Gasteiger partial charge in [-0.2, -0.15) is 4.68 Å². The molecule has 0 bridgehead atoms. The summed E-state index contributed by atoms with van der Waals surface area (Å²) in [5.74, 6) is 0. The number of hydrogen-bond donors (Lipinski definition) is 4. The molecule has 0 radical (unpaired) electrons. The standard InChI is InChI=1S/C6H8N5O5PS/c12-3(1-16-17(14,15)18)11-5-4(9-10-11)6(13)8-2-7-5/h2-3,12H,1H2,(H,7,8,13)(H2,14,15,18)/t3-/m1/s1. The highest BCUT2D eigenvalue weighted by Gasteiger charge is 2.18. The van der Waals surface area contributed by atoms with Crippen molar-refractivity contribution in [3.63, 3.8) is 0 Å². The van der Waals surface area contributed by atoms with Crippen LogP contribution in [0.25, 0.3) is 11.2 Å². The molecule has 10 nitrogen and oxygen atoms in total. The van der Waals surface area contributed by atoms with E-state index in [0.717, 1.165) is 11.0 Å². The maximum Gasteiger partial charge on any atom is 0.322 e. The summed E-state index contributed by atoms with van der Waals surface area (Å²) in [6, 6.07) is 0. The van der Waals surface area contributed by atoms with Crippen LogP contribution in [0.5, 0.6) is 0 Å². The molecular formula is C6H8N5O5PS. The lowest BCUT2D eigenvalue weighted by molar-refractivity contribution is 0.0356. The molecule has 18 heavy (non-hydrogen) atoms. The van der Waals surface area contributed by atoms with Gasteiger partial charge in [-0.3, -0.25) is 4.79 Å². The van der Waals surface area contributed by atoms with Gasteiger partial charge in [0.2, 0.25) is 0 Å². The molecule has 0 amide bonds. The second-order valence-corrected chi connectivity index (χ2v) is 5.87. The van der Waals surface area contributed by atoms with Gasteiger partial charge in [-0.15, -0.1) is 5.10 Å². The van der Waals surface area contributed by atoms with Gasteiger partial charge in [-0.25, -0.2) is 4.98 Å². The minimum atomic E-state index is -3.87. The molecule has 0 aliphatic carbocycles. The monoisotopic (exact) mass is 293 g/mol. The second-order valence-electron chi connectivity index (χ2n) is 3.20. The fraction of sp³-hybridized carbons (Fsp3) is 0.333. The van der Waals surface area contributed by atoms with Gasteiger partial charge in [-0.1, -0.05) is 5.21 Å². The maximum atomic E-state index is 11.3. The summed E-state index contributed by atoms with van der Waals surface area (Å²) in [5.41, 5.74) is -0.517. The fourth-order valence-electron chi connectivity index (χ4n) is 1.21. The zero-order chi connectivity index (χ0) is 13.3. The predicted molar refractivity (Wildman–Crippen MR) is 61.9 cm³/mol. The molecule has 4 N–H and O–H groups in total. The molecule has 0 saturated heterocycles. The number of aromatic amines is 1. The Balaban J connectivity index is 2.29. The van der Waals surface area contributed by atoms with E-state index in [0.29, 0.717) is 0 Å². The van der Waals surface area contributed by atoms with Crippen molar-refractivity contribution < 1.29 is 19.4 Å². The SMILES string of the molecule is O=c1[nH]cnc2c1nnn2[C@H](O)COP(O)(O)=S. The number of fused-ring (bicyclic) bond motifs is 1. The first-order valence-corrected chi connectivity index (χ1v) is 7.18. The lowest BCUT2D eigenvalue weighted by atomic mass is 10.5. The van der Waals surface area contributed by atoms with Crippen LogP contribution in [0.3, 0.4) is 0 Å². The maximum absolute atomic E-state index is 11.3. The average molecular weight is 293 g/mol. The van der Waals surface area contributed by atoms with E-state index in [1.54, 1.807) is 0 Å². The third-order valence-electron chi connectivity index (χ3n) is 1.94. The van der Waals surface area contributed by atoms with Crippen LogP contribution in [0.2, 0.25) is 0 Å². The largest absolute Gasteiger partial charge is 0.369 e. The molecule has 0 spiro atoms. The normalized spacial score (nSPS) is 13.9. The Morgan fingerprint density at radius 2 is 2.33 bits per heavy atom. The van der Waals surface area contributed by atoms with Crippen molar-refractivity contribution in [2.75, 3.05) is 6.61 Å². The third kappa shape index (κ3) is 2.77. The molecule has 2 aromatic heterocycles. The molecule has 0 fully saturated rings. The van der Waals surface area contributed by atoms with Gasteiger partial charge in [0.05, 0.1) is 6.33 Å². The molecule has 1 atom stereocenters. The van der Waals surface area contributed by atoms with E-state index >= 15 is 0 Å². The van der Waals surface area contributed by atoms with E-state index in [-0.39, 0.29) is 11.2 Å². The van der Waals surface area contributed by atoms with Crippen LogP contribution in [0, 0.1) is 0 Å². The highest BCUT2D eigenvalue weighted by Crippen LogP contribution is 2.36. The molecule has 12 heteroatoms. The molecule has 0 unspecified atom stereocenters. The molecule has 0 aliphatic rings. The Hall–Kier alpha value is -1.23. The Kier molecular flexibility index (Phi) is 3.52. The molecule has 98 valence electrons. The van der Waals surface area contributed by atoms with Crippen LogP contribution in [0.15, 0.2) is 11.1 Å². The smallest absolute Gasteiger partial charge is 0.322 e. The lowest BCUT2D eigenvalue weighted by Gasteiger charge is -2.13. The van der Waals surface area contributed by atoms with Crippen molar-refractivity contribution in [3.05, 3.63) is 16.7 Å². The van der Waals surface area contributed by atoms with E-state index in [9.17, 15) is 9.90 Å². The fourth-order valence-corrected chi connectivity index (χ4v) is 1.72. The summed E-state index contributed by atoms with van der Waals surface area (Å²) >= 11 is 4.22. The number of hydrogen-bond acceptors (Lipinski definition) is 7. The van der Waals surface area contributed by atoms with Gasteiger partial charge < -0.3 is 24.4 Å².